The molecular formula is C18H21FN2O2. The van der Waals surface area contributed by atoms with Gasteiger partial charge in [-0.15, -0.1) is 0 Å². The molecule has 2 aromatic rings. The van der Waals surface area contributed by atoms with Gasteiger partial charge in [0.2, 0.25) is 0 Å². The first kappa shape index (κ1) is 15.7. The highest BCUT2D eigenvalue weighted by molar-refractivity contribution is 5.91. The van der Waals surface area contributed by atoms with Crippen molar-refractivity contribution in [3.8, 4) is 0 Å². The van der Waals surface area contributed by atoms with Crippen LogP contribution in [0.3, 0.4) is 0 Å². The van der Waals surface area contributed by atoms with Crippen LogP contribution in [0.5, 0.6) is 0 Å². The molecule has 23 heavy (non-hydrogen) atoms. The predicted molar refractivity (Wildman–Crippen MR) is 87.2 cm³/mol. The van der Waals surface area contributed by atoms with Crippen molar-refractivity contribution in [3.05, 3.63) is 35.8 Å². The van der Waals surface area contributed by atoms with Crippen molar-refractivity contribution in [2.75, 3.05) is 6.61 Å². The maximum atomic E-state index is 14.4. The smallest absolute Gasteiger partial charge is 0.306 e. The fourth-order valence-corrected chi connectivity index (χ4v) is 3.30. The van der Waals surface area contributed by atoms with Crippen molar-refractivity contribution in [2.24, 2.45) is 13.0 Å². The van der Waals surface area contributed by atoms with E-state index in [0.29, 0.717) is 18.6 Å². The van der Waals surface area contributed by atoms with E-state index in [2.05, 4.69) is 11.2 Å². The maximum absolute atomic E-state index is 14.4. The van der Waals surface area contributed by atoms with Crippen molar-refractivity contribution in [2.45, 2.75) is 32.6 Å². The summed E-state index contributed by atoms with van der Waals surface area (Å²) in [4.78, 5) is 11.6. The average molecular weight is 316 g/mol. The molecule has 1 aromatic carbocycles. The zero-order valence-electron chi connectivity index (χ0n) is 13.5. The summed E-state index contributed by atoms with van der Waals surface area (Å²) in [5.41, 5.74) is 2.49. The van der Waals surface area contributed by atoms with Gasteiger partial charge < -0.3 is 4.74 Å². The van der Waals surface area contributed by atoms with Crippen molar-refractivity contribution in [1.29, 1.82) is 0 Å². The second-order valence-electron chi connectivity index (χ2n) is 6.01. The number of aryl methyl sites for hydroxylation is 1. The standard InChI is InChI=1S/C18H21FN2O2/c1-3-23-16(22)10-12-4-6-13(7-5-12)17-15(19)9-8-14-11-20-21(2)18(14)17/h6,8-9,11-12H,3-5,7,10H2,1-2H3. The van der Waals surface area contributed by atoms with Gasteiger partial charge in [-0.3, -0.25) is 9.48 Å². The van der Waals surface area contributed by atoms with Crippen molar-refractivity contribution in [1.82, 2.24) is 9.78 Å². The number of rotatable bonds is 4. The lowest BCUT2D eigenvalue weighted by molar-refractivity contribution is -0.144. The number of esters is 1. The van der Waals surface area contributed by atoms with Crippen molar-refractivity contribution < 1.29 is 13.9 Å². The summed E-state index contributed by atoms with van der Waals surface area (Å²) in [5.74, 6) is -0.0722. The number of halogens is 1. The molecule has 0 radical (unpaired) electrons. The molecule has 1 aromatic heterocycles. The first-order valence-corrected chi connectivity index (χ1v) is 8.05. The molecule has 122 valence electrons. The number of benzene rings is 1. The lowest BCUT2D eigenvalue weighted by Gasteiger charge is -2.22. The van der Waals surface area contributed by atoms with E-state index in [1.165, 1.54) is 6.07 Å². The number of fused-ring (bicyclic) bond motifs is 1. The van der Waals surface area contributed by atoms with Crippen LogP contribution in [0.2, 0.25) is 0 Å². The van der Waals surface area contributed by atoms with Crippen LogP contribution in [0.25, 0.3) is 16.5 Å². The Bertz CT molecular complexity index is 764. The SMILES string of the molecule is CCOC(=O)CC1CC=C(c2c(F)ccc3cnn(C)c23)CC1. The third-order valence-corrected chi connectivity index (χ3v) is 4.45. The summed E-state index contributed by atoms with van der Waals surface area (Å²) in [5, 5.41) is 5.17. The van der Waals surface area contributed by atoms with Crippen LogP contribution in [-0.2, 0) is 16.6 Å². The number of ether oxygens (including phenoxy) is 1. The highest BCUT2D eigenvalue weighted by Gasteiger charge is 2.22. The average Bonchev–Trinajstić information content (AvgIpc) is 2.90. The van der Waals surface area contributed by atoms with Gasteiger partial charge in [0, 0.05) is 24.4 Å². The Morgan fingerprint density at radius 1 is 1.48 bits per heavy atom. The van der Waals surface area contributed by atoms with E-state index < -0.39 is 0 Å². The van der Waals surface area contributed by atoms with Gasteiger partial charge in [0.05, 0.1) is 18.3 Å². The molecule has 1 heterocycles. The van der Waals surface area contributed by atoms with Gasteiger partial charge in [-0.05, 0) is 49.8 Å². The van der Waals surface area contributed by atoms with Gasteiger partial charge >= 0.3 is 5.97 Å². The molecule has 0 N–H and O–H groups in total. The highest BCUT2D eigenvalue weighted by atomic mass is 19.1. The third-order valence-electron chi connectivity index (χ3n) is 4.45. The Kier molecular flexibility index (Phi) is 4.46. The Labute approximate surface area is 134 Å². The lowest BCUT2D eigenvalue weighted by Crippen LogP contribution is -2.14. The van der Waals surface area contributed by atoms with Gasteiger partial charge in [0.1, 0.15) is 5.82 Å². The normalized spacial score (nSPS) is 18.0. The number of hydrogen-bond acceptors (Lipinski definition) is 3. The van der Waals surface area contributed by atoms with Gasteiger partial charge in [0.25, 0.3) is 0 Å². The van der Waals surface area contributed by atoms with E-state index in [1.54, 1.807) is 16.9 Å². The van der Waals surface area contributed by atoms with Gasteiger partial charge in [-0.1, -0.05) is 6.08 Å². The Morgan fingerprint density at radius 3 is 3.00 bits per heavy atom. The number of aromatic nitrogens is 2. The Balaban J connectivity index is 1.84. The summed E-state index contributed by atoms with van der Waals surface area (Å²) in [7, 11) is 1.83. The second kappa shape index (κ2) is 6.52. The van der Waals surface area contributed by atoms with E-state index in [9.17, 15) is 9.18 Å². The molecule has 0 aliphatic heterocycles. The number of carbonyl (C=O) groups is 1. The van der Waals surface area contributed by atoms with Crippen LogP contribution in [0.15, 0.2) is 24.4 Å². The summed E-state index contributed by atoms with van der Waals surface area (Å²) >= 11 is 0. The summed E-state index contributed by atoms with van der Waals surface area (Å²) in [6, 6.07) is 3.26. The number of nitrogens with zero attached hydrogens (tertiary/aromatic N) is 2. The molecule has 0 saturated heterocycles. The second-order valence-corrected chi connectivity index (χ2v) is 6.01. The Hall–Kier alpha value is -2.17. The van der Waals surface area contributed by atoms with Gasteiger partial charge in [0.15, 0.2) is 0 Å². The first-order chi connectivity index (χ1) is 11.1. The predicted octanol–water partition coefficient (Wildman–Crippen LogP) is 3.85. The fraction of sp³-hybridized carbons (Fsp3) is 0.444. The molecule has 0 spiro atoms. The molecule has 1 atom stereocenters. The lowest BCUT2D eigenvalue weighted by atomic mass is 9.84. The minimum absolute atomic E-state index is 0.144. The summed E-state index contributed by atoms with van der Waals surface area (Å²) in [6.45, 7) is 2.23. The van der Waals surface area contributed by atoms with Crippen LogP contribution in [0.1, 0.15) is 38.2 Å². The van der Waals surface area contributed by atoms with Crippen molar-refractivity contribution >= 4 is 22.4 Å². The number of allylic oxidation sites excluding steroid dienone is 2. The van der Waals surface area contributed by atoms with Crippen molar-refractivity contribution in [3.63, 3.8) is 0 Å². The van der Waals surface area contributed by atoms with E-state index in [-0.39, 0.29) is 17.7 Å². The van der Waals surface area contributed by atoms with E-state index in [4.69, 9.17) is 4.74 Å². The molecule has 0 saturated carbocycles. The molecule has 1 aliphatic carbocycles. The highest BCUT2D eigenvalue weighted by Crippen LogP contribution is 2.36. The van der Waals surface area contributed by atoms with Crippen LogP contribution < -0.4 is 0 Å². The first-order valence-electron chi connectivity index (χ1n) is 8.05. The molecular weight excluding hydrogens is 295 g/mol. The monoisotopic (exact) mass is 316 g/mol. The summed E-state index contributed by atoms with van der Waals surface area (Å²) < 4.78 is 21.1. The van der Waals surface area contributed by atoms with Gasteiger partial charge in [-0.25, -0.2) is 4.39 Å². The van der Waals surface area contributed by atoms with Crippen LogP contribution >= 0.6 is 0 Å². The molecule has 4 nitrogen and oxygen atoms in total. The Morgan fingerprint density at radius 2 is 2.30 bits per heavy atom. The van der Waals surface area contributed by atoms with E-state index in [1.807, 2.05) is 14.0 Å². The maximum Gasteiger partial charge on any atom is 0.306 e. The molecule has 0 fully saturated rings. The minimum atomic E-state index is -0.212. The van der Waals surface area contributed by atoms with Crippen LogP contribution in [0.4, 0.5) is 4.39 Å². The fourth-order valence-electron chi connectivity index (χ4n) is 3.30. The number of carbonyl (C=O) groups excluding carboxylic acids is 1. The quantitative estimate of drug-likeness (QED) is 0.805. The zero-order chi connectivity index (χ0) is 16.4. The number of hydrogen-bond donors (Lipinski definition) is 0. The largest absolute Gasteiger partial charge is 0.466 e. The van der Waals surface area contributed by atoms with Gasteiger partial charge in [-0.2, -0.15) is 5.10 Å². The van der Waals surface area contributed by atoms with Crippen LogP contribution in [0, 0.1) is 11.7 Å². The van der Waals surface area contributed by atoms with E-state index >= 15 is 0 Å². The minimum Gasteiger partial charge on any atom is -0.466 e. The molecule has 1 aliphatic rings. The zero-order valence-corrected chi connectivity index (χ0v) is 13.5. The topological polar surface area (TPSA) is 44.1 Å². The third kappa shape index (κ3) is 3.14. The van der Waals surface area contributed by atoms with E-state index in [0.717, 1.165) is 35.7 Å². The molecule has 3 rings (SSSR count). The molecule has 0 bridgehead atoms. The molecule has 5 heteroatoms. The summed E-state index contributed by atoms with van der Waals surface area (Å²) in [6.07, 6.45) is 6.69. The molecule has 0 amide bonds. The van der Waals surface area contributed by atoms with Crippen LogP contribution in [-0.4, -0.2) is 22.4 Å². The molecule has 1 unspecified atom stereocenters.